The zero-order chi connectivity index (χ0) is 24.6. The third-order valence-corrected chi connectivity index (χ3v) is 6.07. The largest absolute Gasteiger partial charge is 0.467 e. The lowest BCUT2D eigenvalue weighted by atomic mass is 10.1. The number of nitrogens with zero attached hydrogens (tertiary/aromatic N) is 1. The number of carbonyl (C=O) groups is 2. The molecular weight excluding hydrogens is 456 g/mol. The number of rotatable bonds is 12. The highest BCUT2D eigenvalue weighted by Gasteiger charge is 2.23. The Balaban J connectivity index is 1.96. The van der Waals surface area contributed by atoms with Crippen LogP contribution in [0.3, 0.4) is 0 Å². The first kappa shape index (κ1) is 25.8. The third-order valence-electron chi connectivity index (χ3n) is 4.67. The van der Waals surface area contributed by atoms with E-state index in [0.717, 1.165) is 12.1 Å². The van der Waals surface area contributed by atoms with Crippen molar-refractivity contribution in [2.75, 3.05) is 18.5 Å². The molecule has 1 amide bonds. The Labute approximate surface area is 190 Å². The van der Waals surface area contributed by atoms with Gasteiger partial charge in [0.25, 0.3) is 11.6 Å². The van der Waals surface area contributed by atoms with E-state index in [0.29, 0.717) is 5.76 Å². The van der Waals surface area contributed by atoms with Crippen molar-refractivity contribution < 1.29 is 32.1 Å². The summed E-state index contributed by atoms with van der Waals surface area (Å²) in [6.45, 7) is 4.49. The predicted molar refractivity (Wildman–Crippen MR) is 118 cm³/mol. The molecule has 1 unspecified atom stereocenters. The number of esters is 1. The molecule has 0 bridgehead atoms. The molecule has 12 nitrogen and oxygen atoms in total. The van der Waals surface area contributed by atoms with Gasteiger partial charge in [0, 0.05) is 12.1 Å². The lowest BCUT2D eigenvalue weighted by Crippen LogP contribution is -2.39. The van der Waals surface area contributed by atoms with Crippen molar-refractivity contribution in [3.8, 4) is 0 Å². The number of hydrogen-bond acceptors (Lipinski definition) is 9. The summed E-state index contributed by atoms with van der Waals surface area (Å²) in [6.07, 6.45) is 1.45. The summed E-state index contributed by atoms with van der Waals surface area (Å²) < 4.78 is 36.8. The molecule has 0 saturated heterocycles. The number of sulfonamides is 1. The standard InChI is InChI=1S/C20H26N4O8S/c1-13(2)14(3)23-19(25)12-32-20(26)11-22-33(29,30)16-6-7-17(18(9-16)24(27)28)21-10-15-5-4-8-31-15/h4-9,13-14,21-22H,10-12H2,1-3H3,(H,23,25). The number of amides is 1. The quantitative estimate of drug-likeness (QED) is 0.232. The molecule has 2 rings (SSSR count). The monoisotopic (exact) mass is 482 g/mol. The number of nitro groups is 1. The molecule has 13 heteroatoms. The van der Waals surface area contributed by atoms with Crippen molar-refractivity contribution in [1.82, 2.24) is 10.0 Å². The first-order chi connectivity index (χ1) is 15.5. The molecule has 0 spiro atoms. The van der Waals surface area contributed by atoms with E-state index >= 15 is 0 Å². The van der Waals surface area contributed by atoms with E-state index in [9.17, 15) is 28.1 Å². The summed E-state index contributed by atoms with van der Waals surface area (Å²) >= 11 is 0. The number of hydrogen-bond donors (Lipinski definition) is 3. The van der Waals surface area contributed by atoms with Gasteiger partial charge in [0.15, 0.2) is 6.61 Å². The average molecular weight is 483 g/mol. The van der Waals surface area contributed by atoms with Crippen molar-refractivity contribution >= 4 is 33.3 Å². The Kier molecular flexibility index (Phi) is 8.94. The number of nitro benzene ring substituents is 1. The Bertz CT molecular complexity index is 1080. The number of benzene rings is 1. The highest BCUT2D eigenvalue weighted by atomic mass is 32.2. The fraction of sp³-hybridized carbons (Fsp3) is 0.400. The van der Waals surface area contributed by atoms with Gasteiger partial charge in [0.1, 0.15) is 18.0 Å². The normalized spacial score (nSPS) is 12.2. The molecule has 2 aromatic rings. The molecule has 0 aliphatic rings. The van der Waals surface area contributed by atoms with Gasteiger partial charge >= 0.3 is 5.97 Å². The second-order valence-electron chi connectivity index (χ2n) is 7.45. The highest BCUT2D eigenvalue weighted by Crippen LogP contribution is 2.28. The Morgan fingerprint density at radius 1 is 1.21 bits per heavy atom. The predicted octanol–water partition coefficient (Wildman–Crippen LogP) is 1.78. The van der Waals surface area contributed by atoms with E-state index in [1.54, 1.807) is 19.1 Å². The van der Waals surface area contributed by atoms with Gasteiger partial charge in [-0.3, -0.25) is 19.7 Å². The Hall–Kier alpha value is -3.45. The van der Waals surface area contributed by atoms with Crippen LogP contribution in [0, 0.1) is 16.0 Å². The number of carbonyl (C=O) groups excluding carboxylic acids is 2. The molecule has 1 aromatic heterocycles. The first-order valence-electron chi connectivity index (χ1n) is 9.99. The highest BCUT2D eigenvalue weighted by molar-refractivity contribution is 7.89. The number of ether oxygens (including phenoxy) is 1. The Morgan fingerprint density at radius 3 is 2.55 bits per heavy atom. The number of furan rings is 1. The lowest BCUT2D eigenvalue weighted by Gasteiger charge is -2.17. The van der Waals surface area contributed by atoms with Gasteiger partial charge in [0.05, 0.1) is 22.6 Å². The Morgan fingerprint density at radius 2 is 1.94 bits per heavy atom. The van der Waals surface area contributed by atoms with Crippen LogP contribution < -0.4 is 15.4 Å². The van der Waals surface area contributed by atoms with Gasteiger partial charge in [-0.15, -0.1) is 0 Å². The van der Waals surface area contributed by atoms with Crippen LogP contribution in [0.4, 0.5) is 11.4 Å². The molecular formula is C20H26N4O8S. The van der Waals surface area contributed by atoms with Crippen molar-refractivity contribution in [3.63, 3.8) is 0 Å². The van der Waals surface area contributed by atoms with Crippen molar-refractivity contribution in [2.45, 2.75) is 38.3 Å². The zero-order valence-corrected chi connectivity index (χ0v) is 19.2. The van der Waals surface area contributed by atoms with E-state index in [4.69, 9.17) is 9.15 Å². The summed E-state index contributed by atoms with van der Waals surface area (Å²) in [6, 6.07) is 6.49. The molecule has 0 fully saturated rings. The minimum Gasteiger partial charge on any atom is -0.467 e. The van der Waals surface area contributed by atoms with E-state index in [-0.39, 0.29) is 24.2 Å². The van der Waals surface area contributed by atoms with Crippen LogP contribution in [-0.2, 0) is 30.9 Å². The number of nitrogens with one attached hydrogen (secondary N) is 3. The summed E-state index contributed by atoms with van der Waals surface area (Å²) in [7, 11) is -4.26. The van der Waals surface area contributed by atoms with Crippen LogP contribution >= 0.6 is 0 Å². The molecule has 0 aliphatic heterocycles. The summed E-state index contributed by atoms with van der Waals surface area (Å²) in [4.78, 5) is 33.8. The van der Waals surface area contributed by atoms with Gasteiger partial charge in [-0.2, -0.15) is 4.72 Å². The molecule has 180 valence electrons. The first-order valence-corrected chi connectivity index (χ1v) is 11.5. The topological polar surface area (TPSA) is 170 Å². The van der Waals surface area contributed by atoms with Gasteiger partial charge in [-0.25, -0.2) is 8.42 Å². The van der Waals surface area contributed by atoms with Crippen LogP contribution in [-0.4, -0.2) is 44.4 Å². The molecule has 0 saturated carbocycles. The molecule has 3 N–H and O–H groups in total. The molecule has 33 heavy (non-hydrogen) atoms. The maximum atomic E-state index is 12.5. The average Bonchev–Trinajstić information content (AvgIpc) is 3.28. The van der Waals surface area contributed by atoms with Gasteiger partial charge in [-0.05, 0) is 37.1 Å². The van der Waals surface area contributed by atoms with Gasteiger partial charge in [0.2, 0.25) is 10.0 Å². The molecule has 1 heterocycles. The minimum atomic E-state index is -4.26. The second-order valence-corrected chi connectivity index (χ2v) is 9.22. The third kappa shape index (κ3) is 7.88. The van der Waals surface area contributed by atoms with Crippen LogP contribution in [0.25, 0.3) is 0 Å². The van der Waals surface area contributed by atoms with Crippen LogP contribution in [0.2, 0.25) is 0 Å². The zero-order valence-electron chi connectivity index (χ0n) is 18.4. The van der Waals surface area contributed by atoms with Gasteiger partial charge < -0.3 is 19.8 Å². The molecule has 1 atom stereocenters. The second kappa shape index (κ2) is 11.4. The van der Waals surface area contributed by atoms with E-state index in [1.807, 2.05) is 18.6 Å². The smallest absolute Gasteiger partial charge is 0.321 e. The SMILES string of the molecule is CC(C)C(C)NC(=O)COC(=O)CNS(=O)(=O)c1ccc(NCc2ccco2)c([N+](=O)[O-])c1. The van der Waals surface area contributed by atoms with Crippen LogP contribution in [0.5, 0.6) is 0 Å². The maximum absolute atomic E-state index is 12.5. The fourth-order valence-corrected chi connectivity index (χ4v) is 3.46. The van der Waals surface area contributed by atoms with Crippen LogP contribution in [0.15, 0.2) is 45.9 Å². The molecule has 0 aliphatic carbocycles. The fourth-order valence-electron chi connectivity index (χ4n) is 2.47. The van der Waals surface area contributed by atoms with Crippen molar-refractivity contribution in [1.29, 1.82) is 0 Å². The summed E-state index contributed by atoms with van der Waals surface area (Å²) in [5.41, 5.74) is -0.376. The summed E-state index contributed by atoms with van der Waals surface area (Å²) in [5, 5.41) is 16.9. The molecule has 1 aromatic carbocycles. The van der Waals surface area contributed by atoms with Crippen LogP contribution in [0.1, 0.15) is 26.5 Å². The maximum Gasteiger partial charge on any atom is 0.321 e. The van der Waals surface area contributed by atoms with E-state index < -0.39 is 50.6 Å². The van der Waals surface area contributed by atoms with E-state index in [2.05, 4.69) is 10.6 Å². The van der Waals surface area contributed by atoms with Crippen molar-refractivity contribution in [3.05, 3.63) is 52.5 Å². The lowest BCUT2D eigenvalue weighted by molar-refractivity contribution is -0.384. The van der Waals surface area contributed by atoms with Crippen molar-refractivity contribution in [2.24, 2.45) is 5.92 Å². The van der Waals surface area contributed by atoms with E-state index in [1.165, 1.54) is 12.3 Å². The number of anilines is 1. The minimum absolute atomic E-state index is 0.0939. The summed E-state index contributed by atoms with van der Waals surface area (Å²) in [5.74, 6) is -0.765. The molecule has 0 radical (unpaired) electrons. The van der Waals surface area contributed by atoms with Gasteiger partial charge in [-0.1, -0.05) is 13.8 Å².